The third kappa shape index (κ3) is 4.49. The van der Waals surface area contributed by atoms with Gasteiger partial charge in [0.25, 0.3) is 0 Å². The van der Waals surface area contributed by atoms with E-state index in [9.17, 15) is 9.59 Å². The molecule has 1 atom stereocenters. The van der Waals surface area contributed by atoms with Crippen LogP contribution in [0.5, 0.6) is 0 Å². The molecule has 0 aromatic heterocycles. The third-order valence-electron chi connectivity index (χ3n) is 3.65. The molecule has 0 spiro atoms. The molecule has 3 rings (SSSR count). The number of hydrogen-bond acceptors (Lipinski definition) is 4. The summed E-state index contributed by atoms with van der Waals surface area (Å²) < 4.78 is 0.937. The number of rotatable bonds is 3. The highest BCUT2D eigenvalue weighted by atomic mass is 79.9. The first kappa shape index (κ1) is 17.7. The minimum atomic E-state index is -0.505. The first-order valence-electron chi connectivity index (χ1n) is 7.66. The van der Waals surface area contributed by atoms with Crippen LogP contribution in [0, 0.1) is 0 Å². The number of aliphatic imine (C=N–C) groups is 1. The highest BCUT2D eigenvalue weighted by molar-refractivity contribution is 9.10. The third-order valence-corrected chi connectivity index (χ3v) is 5.42. The lowest BCUT2D eigenvalue weighted by molar-refractivity contribution is -0.128. The van der Waals surface area contributed by atoms with Crippen LogP contribution >= 0.6 is 27.7 Å². The molecule has 1 unspecified atom stereocenters. The van der Waals surface area contributed by atoms with Gasteiger partial charge in [-0.15, -0.1) is 0 Å². The smallest absolute Gasteiger partial charge is 0.238 e. The predicted octanol–water partition coefficient (Wildman–Crippen LogP) is 4.04. The van der Waals surface area contributed by atoms with Crippen LogP contribution < -0.4 is 5.32 Å². The number of nitrogens with zero attached hydrogens (tertiary/aromatic N) is 2. The van der Waals surface area contributed by atoms with Crippen molar-refractivity contribution in [1.29, 1.82) is 0 Å². The van der Waals surface area contributed by atoms with E-state index in [1.807, 2.05) is 54.6 Å². The zero-order valence-electron chi connectivity index (χ0n) is 13.5. The van der Waals surface area contributed by atoms with Gasteiger partial charge in [-0.2, -0.15) is 0 Å². The Kier molecular flexibility index (Phi) is 5.55. The molecule has 0 bridgehead atoms. The lowest BCUT2D eigenvalue weighted by Gasteiger charge is -2.28. The maximum absolute atomic E-state index is 12.5. The molecule has 0 aliphatic carbocycles. The van der Waals surface area contributed by atoms with Crippen molar-refractivity contribution in [2.75, 3.05) is 12.4 Å². The van der Waals surface area contributed by atoms with E-state index in [1.54, 1.807) is 7.05 Å². The van der Waals surface area contributed by atoms with Crippen LogP contribution in [0.1, 0.15) is 6.42 Å². The number of hydrogen-bond donors (Lipinski definition) is 1. The van der Waals surface area contributed by atoms with Gasteiger partial charge in [-0.1, -0.05) is 45.9 Å². The van der Waals surface area contributed by atoms with Gasteiger partial charge in [0.05, 0.1) is 5.69 Å². The Bertz CT molecular complexity index is 809. The fourth-order valence-electron chi connectivity index (χ4n) is 2.27. The molecule has 1 aliphatic rings. The zero-order valence-corrected chi connectivity index (χ0v) is 15.9. The van der Waals surface area contributed by atoms with Crippen LogP contribution in [-0.4, -0.2) is 34.2 Å². The Labute approximate surface area is 158 Å². The number of amides is 2. The minimum Gasteiger partial charge on any atom is -0.325 e. The number of carbonyl (C=O) groups excluding carboxylic acids is 2. The van der Waals surface area contributed by atoms with Gasteiger partial charge in [-0.25, -0.2) is 4.99 Å². The van der Waals surface area contributed by atoms with Gasteiger partial charge in [-0.05, 0) is 36.4 Å². The molecule has 2 aromatic carbocycles. The highest BCUT2D eigenvalue weighted by Gasteiger charge is 2.34. The van der Waals surface area contributed by atoms with Gasteiger partial charge in [-0.3, -0.25) is 14.5 Å². The molecule has 7 heteroatoms. The summed E-state index contributed by atoms with van der Waals surface area (Å²) in [6.45, 7) is 0. The average molecular weight is 418 g/mol. The normalized spacial score (nSPS) is 19.1. The number of para-hydroxylation sites is 1. The summed E-state index contributed by atoms with van der Waals surface area (Å²) in [6, 6.07) is 16.7. The number of carbonyl (C=O) groups is 2. The Morgan fingerprint density at radius 3 is 2.56 bits per heavy atom. The van der Waals surface area contributed by atoms with E-state index in [0.29, 0.717) is 10.9 Å². The van der Waals surface area contributed by atoms with Crippen molar-refractivity contribution in [3.63, 3.8) is 0 Å². The van der Waals surface area contributed by atoms with Crippen molar-refractivity contribution < 1.29 is 9.59 Å². The summed E-state index contributed by atoms with van der Waals surface area (Å²) in [7, 11) is 1.68. The van der Waals surface area contributed by atoms with Crippen molar-refractivity contribution in [2.45, 2.75) is 11.7 Å². The second kappa shape index (κ2) is 7.84. The molecule has 2 amide bonds. The highest BCUT2D eigenvalue weighted by Crippen LogP contribution is 2.29. The van der Waals surface area contributed by atoms with Crippen LogP contribution in [0.2, 0.25) is 0 Å². The summed E-state index contributed by atoms with van der Waals surface area (Å²) >= 11 is 4.66. The monoisotopic (exact) mass is 417 g/mol. The average Bonchev–Trinajstić information content (AvgIpc) is 2.61. The van der Waals surface area contributed by atoms with E-state index in [4.69, 9.17) is 0 Å². The lowest BCUT2D eigenvalue weighted by atomic mass is 10.2. The van der Waals surface area contributed by atoms with E-state index in [1.165, 1.54) is 16.7 Å². The number of thioether (sulfide) groups is 1. The second-order valence-corrected chi connectivity index (χ2v) is 7.58. The molecule has 1 heterocycles. The van der Waals surface area contributed by atoms with Gasteiger partial charge in [0.15, 0.2) is 5.17 Å². The first-order valence-corrected chi connectivity index (χ1v) is 9.33. The molecule has 0 saturated carbocycles. The lowest BCUT2D eigenvalue weighted by Crippen LogP contribution is -2.43. The molecular weight excluding hydrogens is 402 g/mol. The predicted molar refractivity (Wildman–Crippen MR) is 105 cm³/mol. The van der Waals surface area contributed by atoms with Crippen molar-refractivity contribution in [3.8, 4) is 0 Å². The number of halogens is 1. The molecule has 0 radical (unpaired) electrons. The van der Waals surface area contributed by atoms with E-state index < -0.39 is 5.25 Å². The summed E-state index contributed by atoms with van der Waals surface area (Å²) in [5.74, 6) is -0.320. The van der Waals surface area contributed by atoms with Gasteiger partial charge in [0.1, 0.15) is 5.25 Å². The number of amidine groups is 1. The number of nitrogens with one attached hydrogen (secondary N) is 1. The summed E-state index contributed by atoms with van der Waals surface area (Å²) in [6.07, 6.45) is 0.150. The van der Waals surface area contributed by atoms with Crippen molar-refractivity contribution in [1.82, 2.24) is 4.90 Å². The van der Waals surface area contributed by atoms with E-state index >= 15 is 0 Å². The van der Waals surface area contributed by atoms with Crippen LogP contribution in [0.4, 0.5) is 11.4 Å². The Hall–Kier alpha value is -2.12. The topological polar surface area (TPSA) is 61.8 Å². The van der Waals surface area contributed by atoms with E-state index in [-0.39, 0.29) is 18.2 Å². The van der Waals surface area contributed by atoms with Crippen molar-refractivity contribution in [3.05, 3.63) is 59.1 Å². The zero-order chi connectivity index (χ0) is 17.8. The summed E-state index contributed by atoms with van der Waals surface area (Å²) in [4.78, 5) is 30.8. The summed E-state index contributed by atoms with van der Waals surface area (Å²) in [5.41, 5.74) is 1.44. The molecule has 5 nitrogen and oxygen atoms in total. The van der Waals surface area contributed by atoms with E-state index in [2.05, 4.69) is 26.2 Å². The van der Waals surface area contributed by atoms with Crippen LogP contribution in [0.3, 0.4) is 0 Å². The minimum absolute atomic E-state index is 0.121. The van der Waals surface area contributed by atoms with Crippen molar-refractivity contribution >= 4 is 56.0 Å². The van der Waals surface area contributed by atoms with Gasteiger partial charge in [0, 0.05) is 23.6 Å². The van der Waals surface area contributed by atoms with Gasteiger partial charge in [0.2, 0.25) is 11.8 Å². The molecule has 25 heavy (non-hydrogen) atoms. The Morgan fingerprint density at radius 2 is 1.88 bits per heavy atom. The molecule has 128 valence electrons. The molecule has 1 saturated heterocycles. The standard InChI is InChI=1S/C18H16BrN3O2S/c1-22-16(23)11-15(17(24)20-14-9-7-12(19)8-10-14)25-18(22)21-13-5-3-2-4-6-13/h2-10,15H,11H2,1H3,(H,20,24). The maximum atomic E-state index is 12.5. The largest absolute Gasteiger partial charge is 0.325 e. The maximum Gasteiger partial charge on any atom is 0.238 e. The first-order chi connectivity index (χ1) is 12.0. The molecular formula is C18H16BrN3O2S. The number of benzene rings is 2. The fourth-order valence-corrected chi connectivity index (χ4v) is 3.60. The van der Waals surface area contributed by atoms with Crippen LogP contribution in [0.25, 0.3) is 0 Å². The molecule has 2 aromatic rings. The van der Waals surface area contributed by atoms with E-state index in [0.717, 1.165) is 10.2 Å². The summed E-state index contributed by atoms with van der Waals surface area (Å²) in [5, 5.41) is 2.87. The van der Waals surface area contributed by atoms with Crippen LogP contribution in [0.15, 0.2) is 64.1 Å². The van der Waals surface area contributed by atoms with Gasteiger partial charge >= 0.3 is 0 Å². The fraction of sp³-hybridized carbons (Fsp3) is 0.167. The molecule has 1 N–H and O–H groups in total. The Morgan fingerprint density at radius 1 is 1.20 bits per heavy atom. The molecule has 1 aliphatic heterocycles. The van der Waals surface area contributed by atoms with Crippen LogP contribution in [-0.2, 0) is 9.59 Å². The quantitative estimate of drug-likeness (QED) is 0.819. The molecule has 1 fully saturated rings. The Balaban J connectivity index is 1.76. The SMILES string of the molecule is CN1C(=O)CC(C(=O)Nc2ccc(Br)cc2)SC1=Nc1ccccc1. The second-order valence-electron chi connectivity index (χ2n) is 5.49. The van der Waals surface area contributed by atoms with Crippen molar-refractivity contribution in [2.24, 2.45) is 4.99 Å². The number of anilines is 1. The van der Waals surface area contributed by atoms with Gasteiger partial charge < -0.3 is 5.32 Å².